The van der Waals surface area contributed by atoms with Gasteiger partial charge in [-0.1, -0.05) is 13.8 Å². The van der Waals surface area contributed by atoms with Crippen LogP contribution in [0.15, 0.2) is 29.2 Å². The van der Waals surface area contributed by atoms with Gasteiger partial charge >= 0.3 is 0 Å². The molecule has 3 unspecified atom stereocenters. The summed E-state index contributed by atoms with van der Waals surface area (Å²) in [4.78, 5) is 12.6. The van der Waals surface area contributed by atoms with Crippen molar-refractivity contribution in [2.45, 2.75) is 31.2 Å². The van der Waals surface area contributed by atoms with E-state index in [4.69, 9.17) is 4.74 Å². The third-order valence-corrected chi connectivity index (χ3v) is 6.38. The summed E-state index contributed by atoms with van der Waals surface area (Å²) < 4.78 is 30.0. The van der Waals surface area contributed by atoms with E-state index in [-0.39, 0.29) is 35.0 Å². The van der Waals surface area contributed by atoms with Crippen molar-refractivity contribution in [1.82, 2.24) is 10.6 Å². The van der Waals surface area contributed by atoms with Gasteiger partial charge in [0.2, 0.25) is 5.91 Å². The summed E-state index contributed by atoms with van der Waals surface area (Å²) in [7, 11) is -1.99. The van der Waals surface area contributed by atoms with Crippen molar-refractivity contribution in [3.8, 4) is 5.75 Å². The quantitative estimate of drug-likeness (QED) is 0.771. The number of nitrogens with one attached hydrogen (secondary N) is 2. The van der Waals surface area contributed by atoms with E-state index in [1.54, 1.807) is 19.1 Å². The van der Waals surface area contributed by atoms with Gasteiger partial charge < -0.3 is 15.4 Å². The number of hydrogen-bond acceptors (Lipinski definition) is 5. The van der Waals surface area contributed by atoms with Crippen molar-refractivity contribution in [1.29, 1.82) is 0 Å². The van der Waals surface area contributed by atoms with Gasteiger partial charge in [0.05, 0.1) is 17.8 Å². The summed E-state index contributed by atoms with van der Waals surface area (Å²) in [5.74, 6) is -0.0670. The largest absolute Gasteiger partial charge is 0.497 e. The van der Waals surface area contributed by atoms with Gasteiger partial charge in [-0.25, -0.2) is 8.42 Å². The number of rotatable bonds is 6. The van der Waals surface area contributed by atoms with Crippen molar-refractivity contribution in [2.24, 2.45) is 11.8 Å². The topological polar surface area (TPSA) is 84.5 Å². The molecular weight excluding hydrogens is 364 g/mol. The monoisotopic (exact) mass is 390 g/mol. The molecule has 2 rings (SSSR count). The third-order valence-electron chi connectivity index (χ3n) is 4.45. The molecule has 1 aromatic rings. The highest BCUT2D eigenvalue weighted by atomic mass is 35.5. The maximum absolute atomic E-state index is 12.5. The SMILES string of the molecule is COc1ccc(S(=O)(=O)CC(C)C(=O)NC2CCNCC2C)cc1.Cl. The first kappa shape index (κ1) is 21.7. The summed E-state index contributed by atoms with van der Waals surface area (Å²) in [6, 6.07) is 6.33. The molecule has 1 aliphatic rings. The van der Waals surface area contributed by atoms with Gasteiger partial charge in [-0.15, -0.1) is 12.4 Å². The summed E-state index contributed by atoms with van der Waals surface area (Å²) in [6.45, 7) is 5.47. The molecule has 3 atom stereocenters. The first-order chi connectivity index (χ1) is 11.3. The van der Waals surface area contributed by atoms with E-state index >= 15 is 0 Å². The minimum atomic E-state index is -3.51. The van der Waals surface area contributed by atoms with Crippen LogP contribution < -0.4 is 15.4 Å². The van der Waals surface area contributed by atoms with Gasteiger partial charge in [0.25, 0.3) is 0 Å². The molecule has 0 aromatic heterocycles. The Bertz CT molecular complexity index is 664. The van der Waals surface area contributed by atoms with E-state index < -0.39 is 15.8 Å². The van der Waals surface area contributed by atoms with Gasteiger partial charge in [0, 0.05) is 12.0 Å². The van der Waals surface area contributed by atoms with Crippen LogP contribution in [-0.4, -0.2) is 46.3 Å². The predicted molar refractivity (Wildman–Crippen MR) is 100 cm³/mol. The van der Waals surface area contributed by atoms with Crippen LogP contribution in [-0.2, 0) is 14.6 Å². The second kappa shape index (κ2) is 9.40. The van der Waals surface area contributed by atoms with Crippen LogP contribution in [0.4, 0.5) is 0 Å². The summed E-state index contributed by atoms with van der Waals surface area (Å²) in [5.41, 5.74) is 0. The van der Waals surface area contributed by atoms with Crippen molar-refractivity contribution in [3.05, 3.63) is 24.3 Å². The molecule has 2 N–H and O–H groups in total. The van der Waals surface area contributed by atoms with Gasteiger partial charge in [-0.2, -0.15) is 0 Å². The average Bonchev–Trinajstić information content (AvgIpc) is 2.56. The van der Waals surface area contributed by atoms with Crippen LogP contribution in [0.3, 0.4) is 0 Å². The Labute approximate surface area is 156 Å². The number of amides is 1. The van der Waals surface area contributed by atoms with Crippen molar-refractivity contribution >= 4 is 28.2 Å². The van der Waals surface area contributed by atoms with Crippen LogP contribution in [0.1, 0.15) is 20.3 Å². The number of hydrogen-bond donors (Lipinski definition) is 2. The molecule has 142 valence electrons. The molecule has 1 aliphatic heterocycles. The van der Waals surface area contributed by atoms with Crippen LogP contribution >= 0.6 is 12.4 Å². The first-order valence-electron chi connectivity index (χ1n) is 8.21. The Balaban J connectivity index is 0.00000312. The van der Waals surface area contributed by atoms with Gasteiger partial charge in [-0.3, -0.25) is 4.79 Å². The average molecular weight is 391 g/mol. The lowest BCUT2D eigenvalue weighted by Crippen LogP contribution is -2.50. The van der Waals surface area contributed by atoms with Crippen molar-refractivity contribution in [2.75, 3.05) is 26.0 Å². The highest BCUT2D eigenvalue weighted by molar-refractivity contribution is 7.91. The fraction of sp³-hybridized carbons (Fsp3) is 0.588. The third kappa shape index (κ3) is 5.87. The number of carbonyl (C=O) groups excluding carboxylic acids is 1. The second-order valence-corrected chi connectivity index (χ2v) is 8.48. The number of sulfone groups is 1. The Morgan fingerprint density at radius 2 is 2.00 bits per heavy atom. The molecule has 0 radical (unpaired) electrons. The second-order valence-electron chi connectivity index (χ2n) is 6.44. The van der Waals surface area contributed by atoms with Crippen LogP contribution in [0.5, 0.6) is 5.75 Å². The lowest BCUT2D eigenvalue weighted by Gasteiger charge is -2.31. The van der Waals surface area contributed by atoms with E-state index in [0.717, 1.165) is 19.5 Å². The maximum atomic E-state index is 12.5. The summed E-state index contributed by atoms with van der Waals surface area (Å²) in [6.07, 6.45) is 0.866. The molecule has 6 nitrogen and oxygen atoms in total. The zero-order valence-corrected chi connectivity index (χ0v) is 16.5. The van der Waals surface area contributed by atoms with Gasteiger partial charge in [-0.05, 0) is 49.7 Å². The number of benzene rings is 1. The fourth-order valence-corrected chi connectivity index (χ4v) is 4.39. The van der Waals surface area contributed by atoms with Crippen LogP contribution in [0, 0.1) is 11.8 Å². The molecular formula is C17H27ClN2O4S. The van der Waals surface area contributed by atoms with E-state index in [0.29, 0.717) is 11.7 Å². The van der Waals surface area contributed by atoms with Crippen LogP contribution in [0.25, 0.3) is 0 Å². The number of halogens is 1. The van der Waals surface area contributed by atoms with Crippen molar-refractivity contribution < 1.29 is 17.9 Å². The molecule has 8 heteroatoms. The smallest absolute Gasteiger partial charge is 0.224 e. The first-order valence-corrected chi connectivity index (χ1v) is 9.86. The zero-order chi connectivity index (χ0) is 17.7. The fourth-order valence-electron chi connectivity index (χ4n) is 2.84. The Morgan fingerprint density at radius 3 is 2.56 bits per heavy atom. The molecule has 0 spiro atoms. The normalized spacial score (nSPS) is 21.7. The summed E-state index contributed by atoms with van der Waals surface area (Å²) >= 11 is 0. The van der Waals surface area contributed by atoms with Crippen molar-refractivity contribution in [3.63, 3.8) is 0 Å². The Hall–Kier alpha value is -1.31. The summed E-state index contributed by atoms with van der Waals surface area (Å²) in [5, 5.41) is 6.28. The standard InChI is InChI=1S/C17H26N2O4S.ClH/c1-12-10-18-9-8-16(12)19-17(20)13(2)11-24(21,22)15-6-4-14(23-3)5-7-15;/h4-7,12-13,16,18H,8-11H2,1-3H3,(H,19,20);1H. The minimum Gasteiger partial charge on any atom is -0.497 e. The molecule has 1 fully saturated rings. The molecule has 0 saturated carbocycles. The van der Waals surface area contributed by atoms with E-state index in [1.807, 2.05) is 0 Å². The van der Waals surface area contributed by atoms with Gasteiger partial charge in [0.15, 0.2) is 9.84 Å². The lowest BCUT2D eigenvalue weighted by atomic mass is 9.95. The van der Waals surface area contributed by atoms with E-state index in [9.17, 15) is 13.2 Å². The predicted octanol–water partition coefficient (Wildman–Crippen LogP) is 1.64. The zero-order valence-electron chi connectivity index (χ0n) is 14.8. The Morgan fingerprint density at radius 1 is 1.36 bits per heavy atom. The maximum Gasteiger partial charge on any atom is 0.224 e. The minimum absolute atomic E-state index is 0. The molecule has 1 amide bonds. The highest BCUT2D eigenvalue weighted by Crippen LogP contribution is 2.19. The number of methoxy groups -OCH3 is 1. The number of ether oxygens (including phenoxy) is 1. The molecule has 1 heterocycles. The molecule has 0 bridgehead atoms. The van der Waals surface area contributed by atoms with E-state index in [2.05, 4.69) is 17.6 Å². The van der Waals surface area contributed by atoms with Crippen LogP contribution in [0.2, 0.25) is 0 Å². The lowest BCUT2D eigenvalue weighted by molar-refractivity contribution is -0.125. The van der Waals surface area contributed by atoms with E-state index in [1.165, 1.54) is 19.2 Å². The number of piperidine rings is 1. The molecule has 1 aromatic carbocycles. The molecule has 25 heavy (non-hydrogen) atoms. The molecule has 1 saturated heterocycles. The highest BCUT2D eigenvalue weighted by Gasteiger charge is 2.27. The van der Waals surface area contributed by atoms with Gasteiger partial charge in [0.1, 0.15) is 5.75 Å². The molecule has 0 aliphatic carbocycles. The number of carbonyl (C=O) groups is 1. The Kier molecular flexibility index (Phi) is 8.18.